The maximum absolute atomic E-state index is 12.3. The summed E-state index contributed by atoms with van der Waals surface area (Å²) in [4.78, 5) is 1.18. The molecular formula is C14H20F3NO2. The summed E-state index contributed by atoms with van der Waals surface area (Å²) in [6.07, 6.45) is -3.77. The number of hydrogen-bond acceptors (Lipinski definition) is 3. The number of nitrogens with zero attached hydrogens (tertiary/aromatic N) is 1. The van der Waals surface area contributed by atoms with E-state index in [0.29, 0.717) is 13.0 Å². The minimum Gasteiger partial charge on any atom is -0.494 e. The van der Waals surface area contributed by atoms with Crippen molar-refractivity contribution in [1.29, 1.82) is 0 Å². The fourth-order valence-electron chi connectivity index (χ4n) is 1.85. The Morgan fingerprint density at radius 2 is 2.00 bits per heavy atom. The molecule has 1 aromatic rings. The predicted octanol–water partition coefficient (Wildman–Crippen LogP) is 2.62. The van der Waals surface area contributed by atoms with Crippen molar-refractivity contribution in [3.05, 3.63) is 29.8 Å². The molecule has 0 aromatic heterocycles. The summed E-state index contributed by atoms with van der Waals surface area (Å²) in [6, 6.07) is 7.50. The molecule has 0 radical (unpaired) electrons. The zero-order chi connectivity index (χ0) is 15.0. The Balaban J connectivity index is 2.30. The van der Waals surface area contributed by atoms with E-state index in [2.05, 4.69) is 0 Å². The molecule has 0 amide bonds. The van der Waals surface area contributed by atoms with Crippen LogP contribution < -0.4 is 4.74 Å². The van der Waals surface area contributed by atoms with Crippen LogP contribution in [0.5, 0.6) is 5.75 Å². The molecule has 0 saturated heterocycles. The lowest BCUT2D eigenvalue weighted by Gasteiger charge is -2.22. The van der Waals surface area contributed by atoms with Crippen LogP contribution >= 0.6 is 0 Å². The summed E-state index contributed by atoms with van der Waals surface area (Å²) in [6.45, 7) is 1.27. The van der Waals surface area contributed by atoms with Crippen LogP contribution in [0.15, 0.2) is 24.3 Å². The highest BCUT2D eigenvalue weighted by Crippen LogP contribution is 2.17. The van der Waals surface area contributed by atoms with Crippen LogP contribution in [0, 0.1) is 6.92 Å². The van der Waals surface area contributed by atoms with Gasteiger partial charge in [-0.3, -0.25) is 4.90 Å². The smallest absolute Gasteiger partial charge is 0.401 e. The summed E-state index contributed by atoms with van der Waals surface area (Å²) in [5.74, 6) is 0.717. The second kappa shape index (κ2) is 8.11. The van der Waals surface area contributed by atoms with Crippen molar-refractivity contribution >= 4 is 0 Å². The predicted molar refractivity (Wildman–Crippen MR) is 70.9 cm³/mol. The molecule has 114 valence electrons. The molecule has 0 heterocycles. The third-order valence-electron chi connectivity index (χ3n) is 2.70. The first-order valence-electron chi connectivity index (χ1n) is 6.50. The maximum Gasteiger partial charge on any atom is 0.401 e. The molecule has 0 unspecified atom stereocenters. The van der Waals surface area contributed by atoms with E-state index in [1.807, 2.05) is 31.2 Å². The van der Waals surface area contributed by atoms with Crippen molar-refractivity contribution in [3.8, 4) is 5.75 Å². The van der Waals surface area contributed by atoms with Crippen molar-refractivity contribution in [2.75, 3.05) is 32.8 Å². The number of aliphatic hydroxyl groups is 1. The largest absolute Gasteiger partial charge is 0.494 e. The van der Waals surface area contributed by atoms with Gasteiger partial charge in [-0.2, -0.15) is 13.2 Å². The van der Waals surface area contributed by atoms with E-state index in [1.165, 1.54) is 4.90 Å². The molecule has 0 aliphatic carbocycles. The van der Waals surface area contributed by atoms with Crippen LogP contribution in [0.4, 0.5) is 13.2 Å². The van der Waals surface area contributed by atoms with Gasteiger partial charge < -0.3 is 9.84 Å². The minimum atomic E-state index is -4.24. The van der Waals surface area contributed by atoms with Gasteiger partial charge in [-0.1, -0.05) is 12.1 Å². The second-order valence-corrected chi connectivity index (χ2v) is 4.63. The quantitative estimate of drug-likeness (QED) is 0.747. The number of halogens is 3. The lowest BCUT2D eigenvalue weighted by atomic mass is 10.2. The Morgan fingerprint density at radius 3 is 2.60 bits per heavy atom. The van der Waals surface area contributed by atoms with Gasteiger partial charge in [-0.15, -0.1) is 0 Å². The first-order valence-corrected chi connectivity index (χ1v) is 6.50. The van der Waals surface area contributed by atoms with Crippen molar-refractivity contribution in [2.24, 2.45) is 0 Å². The molecule has 1 N–H and O–H groups in total. The normalized spacial score (nSPS) is 11.9. The Labute approximate surface area is 117 Å². The van der Waals surface area contributed by atoms with E-state index in [1.54, 1.807) is 0 Å². The molecule has 0 fully saturated rings. The van der Waals surface area contributed by atoms with Crippen LogP contribution in [0.25, 0.3) is 0 Å². The monoisotopic (exact) mass is 291 g/mol. The van der Waals surface area contributed by atoms with Crippen molar-refractivity contribution in [1.82, 2.24) is 4.90 Å². The van der Waals surface area contributed by atoms with Gasteiger partial charge in [-0.25, -0.2) is 0 Å². The molecule has 1 aromatic carbocycles. The van der Waals surface area contributed by atoms with Crippen LogP contribution in [0.1, 0.15) is 12.0 Å². The van der Waals surface area contributed by atoms with Crippen molar-refractivity contribution < 1.29 is 23.0 Å². The van der Waals surface area contributed by atoms with E-state index >= 15 is 0 Å². The molecule has 0 atom stereocenters. The van der Waals surface area contributed by atoms with Gasteiger partial charge in [0.1, 0.15) is 5.75 Å². The van der Waals surface area contributed by atoms with E-state index in [-0.39, 0.29) is 19.7 Å². The number of aryl methyl sites for hydroxylation is 1. The van der Waals surface area contributed by atoms with Gasteiger partial charge in [0.05, 0.1) is 19.8 Å². The Hall–Kier alpha value is -1.27. The molecule has 6 heteroatoms. The fraction of sp³-hybridized carbons (Fsp3) is 0.571. The molecule has 0 bridgehead atoms. The highest BCUT2D eigenvalue weighted by Gasteiger charge is 2.30. The SMILES string of the molecule is Cc1cccc(OCCCN(CCO)CC(F)(F)F)c1. The molecule has 0 aliphatic heterocycles. The minimum absolute atomic E-state index is 0.0178. The van der Waals surface area contributed by atoms with E-state index in [9.17, 15) is 13.2 Å². The van der Waals surface area contributed by atoms with E-state index < -0.39 is 12.7 Å². The van der Waals surface area contributed by atoms with Gasteiger partial charge in [0.25, 0.3) is 0 Å². The lowest BCUT2D eigenvalue weighted by molar-refractivity contribution is -0.147. The maximum atomic E-state index is 12.3. The molecule has 20 heavy (non-hydrogen) atoms. The number of ether oxygens (including phenoxy) is 1. The lowest BCUT2D eigenvalue weighted by Crippen LogP contribution is -2.37. The highest BCUT2D eigenvalue weighted by atomic mass is 19.4. The Kier molecular flexibility index (Phi) is 6.81. The number of hydrogen-bond donors (Lipinski definition) is 1. The first kappa shape index (κ1) is 16.8. The molecular weight excluding hydrogens is 271 g/mol. The number of alkyl halides is 3. The van der Waals surface area contributed by atoms with Crippen LogP contribution in [0.2, 0.25) is 0 Å². The molecule has 3 nitrogen and oxygen atoms in total. The Bertz CT molecular complexity index is 396. The average molecular weight is 291 g/mol. The van der Waals surface area contributed by atoms with Crippen molar-refractivity contribution in [2.45, 2.75) is 19.5 Å². The summed E-state index contributed by atoms with van der Waals surface area (Å²) >= 11 is 0. The third-order valence-corrected chi connectivity index (χ3v) is 2.70. The fourth-order valence-corrected chi connectivity index (χ4v) is 1.85. The molecule has 0 saturated carbocycles. The van der Waals surface area contributed by atoms with Gasteiger partial charge in [0, 0.05) is 13.1 Å². The molecule has 0 spiro atoms. The van der Waals surface area contributed by atoms with Gasteiger partial charge >= 0.3 is 6.18 Å². The van der Waals surface area contributed by atoms with Gasteiger partial charge in [-0.05, 0) is 31.0 Å². The topological polar surface area (TPSA) is 32.7 Å². The zero-order valence-electron chi connectivity index (χ0n) is 11.5. The summed E-state index contributed by atoms with van der Waals surface area (Å²) in [5.41, 5.74) is 1.07. The number of rotatable bonds is 8. The summed E-state index contributed by atoms with van der Waals surface area (Å²) < 4.78 is 42.4. The van der Waals surface area contributed by atoms with Crippen LogP contribution in [-0.2, 0) is 0 Å². The second-order valence-electron chi connectivity index (χ2n) is 4.63. The van der Waals surface area contributed by atoms with E-state index in [0.717, 1.165) is 11.3 Å². The van der Waals surface area contributed by atoms with Crippen LogP contribution in [0.3, 0.4) is 0 Å². The highest BCUT2D eigenvalue weighted by molar-refractivity contribution is 5.27. The van der Waals surface area contributed by atoms with Gasteiger partial charge in [0.15, 0.2) is 0 Å². The summed E-state index contributed by atoms with van der Waals surface area (Å²) in [7, 11) is 0. The number of aliphatic hydroxyl groups excluding tert-OH is 1. The van der Waals surface area contributed by atoms with Crippen LogP contribution in [-0.4, -0.2) is 49.0 Å². The standard InChI is InChI=1S/C14H20F3NO2/c1-12-4-2-5-13(10-12)20-9-3-6-18(7-8-19)11-14(15,16)17/h2,4-5,10,19H,3,6-9,11H2,1H3. The van der Waals surface area contributed by atoms with Crippen molar-refractivity contribution in [3.63, 3.8) is 0 Å². The first-order chi connectivity index (χ1) is 9.40. The Morgan fingerprint density at radius 1 is 1.25 bits per heavy atom. The van der Waals surface area contributed by atoms with E-state index in [4.69, 9.17) is 9.84 Å². The zero-order valence-corrected chi connectivity index (χ0v) is 11.5. The third kappa shape index (κ3) is 7.35. The molecule has 0 aliphatic rings. The molecule has 1 rings (SSSR count). The number of benzene rings is 1. The average Bonchev–Trinajstić information content (AvgIpc) is 2.33. The summed E-state index contributed by atoms with van der Waals surface area (Å²) in [5, 5.41) is 8.76. The van der Waals surface area contributed by atoms with Gasteiger partial charge in [0.2, 0.25) is 0 Å².